The topological polar surface area (TPSA) is 38.3 Å². The van der Waals surface area contributed by atoms with Crippen LogP contribution in [-0.4, -0.2) is 19.1 Å². The predicted octanol–water partition coefficient (Wildman–Crippen LogP) is 2.72. The van der Waals surface area contributed by atoms with Crippen molar-refractivity contribution >= 4 is 32.6 Å². The lowest BCUT2D eigenvalue weighted by molar-refractivity contribution is 0.0957. The summed E-state index contributed by atoms with van der Waals surface area (Å²) >= 11 is 3.52. The standard InChI is InChI=1S/C13H10BrNO2/c14-11-9-4-2-1-3-8(9)7-10-12(11)17-6-5-15-13(10)16/h1-4,7H,5-6H2,(H,15,16). The van der Waals surface area contributed by atoms with E-state index in [0.717, 1.165) is 15.2 Å². The van der Waals surface area contributed by atoms with Gasteiger partial charge < -0.3 is 10.1 Å². The van der Waals surface area contributed by atoms with E-state index in [0.29, 0.717) is 24.5 Å². The lowest BCUT2D eigenvalue weighted by Gasteiger charge is -2.10. The SMILES string of the molecule is O=C1NCCOc2c1cc1ccccc1c2Br. The third kappa shape index (κ3) is 1.69. The highest BCUT2D eigenvalue weighted by Crippen LogP contribution is 2.37. The summed E-state index contributed by atoms with van der Waals surface area (Å²) in [5, 5.41) is 4.89. The summed E-state index contributed by atoms with van der Waals surface area (Å²) in [5.41, 5.74) is 0.591. The van der Waals surface area contributed by atoms with E-state index in [9.17, 15) is 4.79 Å². The van der Waals surface area contributed by atoms with Crippen LogP contribution in [0.1, 0.15) is 10.4 Å². The number of ether oxygens (including phenoxy) is 1. The van der Waals surface area contributed by atoms with E-state index in [1.165, 1.54) is 0 Å². The summed E-state index contributed by atoms with van der Waals surface area (Å²) in [6.07, 6.45) is 0. The minimum atomic E-state index is -0.0797. The van der Waals surface area contributed by atoms with Crippen molar-refractivity contribution in [3.05, 3.63) is 40.4 Å². The molecule has 2 aromatic rings. The molecule has 4 heteroatoms. The van der Waals surface area contributed by atoms with Crippen LogP contribution < -0.4 is 10.1 Å². The quantitative estimate of drug-likeness (QED) is 0.811. The number of carbonyl (C=O) groups is 1. The number of halogens is 1. The first-order valence-electron chi connectivity index (χ1n) is 5.39. The summed E-state index contributed by atoms with van der Waals surface area (Å²) in [4.78, 5) is 11.9. The van der Waals surface area contributed by atoms with Gasteiger partial charge >= 0.3 is 0 Å². The van der Waals surface area contributed by atoms with Gasteiger partial charge in [-0.1, -0.05) is 24.3 Å². The van der Waals surface area contributed by atoms with Crippen molar-refractivity contribution in [1.29, 1.82) is 0 Å². The molecule has 0 saturated heterocycles. The Kier molecular flexibility index (Phi) is 2.52. The summed E-state index contributed by atoms with van der Waals surface area (Å²) in [6, 6.07) is 9.79. The molecule has 0 fully saturated rings. The Hall–Kier alpha value is -1.55. The molecule has 0 unspecified atom stereocenters. The van der Waals surface area contributed by atoms with Crippen LogP contribution in [0.5, 0.6) is 5.75 Å². The third-order valence-electron chi connectivity index (χ3n) is 2.82. The average Bonchev–Trinajstić information content (AvgIpc) is 2.53. The number of hydrogen-bond acceptors (Lipinski definition) is 2. The summed E-state index contributed by atoms with van der Waals surface area (Å²) in [7, 11) is 0. The smallest absolute Gasteiger partial charge is 0.255 e. The van der Waals surface area contributed by atoms with Crippen LogP contribution in [-0.2, 0) is 0 Å². The molecule has 0 aliphatic carbocycles. The van der Waals surface area contributed by atoms with Gasteiger partial charge in [0.25, 0.3) is 5.91 Å². The van der Waals surface area contributed by atoms with Crippen LogP contribution in [0.2, 0.25) is 0 Å². The van der Waals surface area contributed by atoms with E-state index < -0.39 is 0 Å². The molecule has 3 rings (SSSR count). The van der Waals surface area contributed by atoms with Crippen molar-refractivity contribution in [2.75, 3.05) is 13.2 Å². The Morgan fingerprint density at radius 2 is 2.12 bits per heavy atom. The molecular formula is C13H10BrNO2. The van der Waals surface area contributed by atoms with Crippen molar-refractivity contribution in [1.82, 2.24) is 5.32 Å². The fraction of sp³-hybridized carbons (Fsp3) is 0.154. The molecule has 86 valence electrons. The molecule has 0 spiro atoms. The van der Waals surface area contributed by atoms with Crippen LogP contribution in [0, 0.1) is 0 Å². The summed E-state index contributed by atoms with van der Waals surface area (Å²) in [6.45, 7) is 1.03. The fourth-order valence-electron chi connectivity index (χ4n) is 2.01. The highest BCUT2D eigenvalue weighted by atomic mass is 79.9. The van der Waals surface area contributed by atoms with Crippen molar-refractivity contribution in [3.8, 4) is 5.75 Å². The highest BCUT2D eigenvalue weighted by molar-refractivity contribution is 9.10. The molecule has 1 amide bonds. The molecule has 1 N–H and O–H groups in total. The van der Waals surface area contributed by atoms with Crippen LogP contribution in [0.4, 0.5) is 0 Å². The van der Waals surface area contributed by atoms with E-state index >= 15 is 0 Å². The van der Waals surface area contributed by atoms with Gasteiger partial charge in [0.15, 0.2) is 0 Å². The lowest BCUT2D eigenvalue weighted by atomic mass is 10.1. The maximum Gasteiger partial charge on any atom is 0.255 e. The van der Waals surface area contributed by atoms with E-state index in [1.807, 2.05) is 30.3 Å². The minimum absolute atomic E-state index is 0.0797. The zero-order chi connectivity index (χ0) is 11.8. The van der Waals surface area contributed by atoms with Crippen molar-refractivity contribution in [2.24, 2.45) is 0 Å². The molecule has 0 atom stereocenters. The number of hydrogen-bond donors (Lipinski definition) is 1. The Bertz CT molecular complexity index is 610. The molecular weight excluding hydrogens is 282 g/mol. The Balaban J connectivity index is 2.35. The monoisotopic (exact) mass is 291 g/mol. The first-order chi connectivity index (χ1) is 8.27. The predicted molar refractivity (Wildman–Crippen MR) is 69.5 cm³/mol. The van der Waals surface area contributed by atoms with Crippen LogP contribution >= 0.6 is 15.9 Å². The second-order valence-electron chi connectivity index (χ2n) is 3.89. The van der Waals surface area contributed by atoms with E-state index in [-0.39, 0.29) is 5.91 Å². The molecule has 17 heavy (non-hydrogen) atoms. The van der Waals surface area contributed by atoms with Gasteiger partial charge in [-0.05, 0) is 32.8 Å². The number of carbonyl (C=O) groups excluding carboxylic acids is 1. The summed E-state index contributed by atoms with van der Waals surface area (Å²) < 4.78 is 6.48. The first kappa shape index (κ1) is 10.6. The van der Waals surface area contributed by atoms with Crippen LogP contribution in [0.15, 0.2) is 34.8 Å². The van der Waals surface area contributed by atoms with Crippen molar-refractivity contribution in [2.45, 2.75) is 0 Å². The third-order valence-corrected chi connectivity index (χ3v) is 3.61. The van der Waals surface area contributed by atoms with Gasteiger partial charge in [-0.2, -0.15) is 0 Å². The lowest BCUT2D eigenvalue weighted by Crippen LogP contribution is -2.24. The minimum Gasteiger partial charge on any atom is -0.490 e. The van der Waals surface area contributed by atoms with Gasteiger partial charge in [0.05, 0.1) is 16.6 Å². The molecule has 0 saturated carbocycles. The average molecular weight is 292 g/mol. The Labute approximate surface area is 107 Å². The molecule has 0 bridgehead atoms. The van der Waals surface area contributed by atoms with Gasteiger partial charge in [-0.3, -0.25) is 4.79 Å². The van der Waals surface area contributed by atoms with E-state index in [1.54, 1.807) is 0 Å². The number of fused-ring (bicyclic) bond motifs is 2. The fourth-order valence-corrected chi connectivity index (χ4v) is 2.70. The molecule has 0 aromatic heterocycles. The molecule has 3 nitrogen and oxygen atoms in total. The summed E-state index contributed by atoms with van der Waals surface area (Å²) in [5.74, 6) is 0.558. The second-order valence-corrected chi connectivity index (χ2v) is 4.69. The van der Waals surface area contributed by atoms with Gasteiger partial charge in [0, 0.05) is 0 Å². The molecule has 1 aliphatic heterocycles. The van der Waals surface area contributed by atoms with E-state index in [4.69, 9.17) is 4.74 Å². The van der Waals surface area contributed by atoms with Crippen LogP contribution in [0.25, 0.3) is 10.8 Å². The molecule has 0 radical (unpaired) electrons. The zero-order valence-corrected chi connectivity index (χ0v) is 10.6. The Morgan fingerprint density at radius 3 is 3.00 bits per heavy atom. The second kappa shape index (κ2) is 4.04. The zero-order valence-electron chi connectivity index (χ0n) is 9.00. The molecule has 2 aromatic carbocycles. The normalized spacial score (nSPS) is 14.8. The van der Waals surface area contributed by atoms with Gasteiger partial charge in [-0.25, -0.2) is 0 Å². The number of rotatable bonds is 0. The first-order valence-corrected chi connectivity index (χ1v) is 6.19. The Morgan fingerprint density at radius 1 is 1.29 bits per heavy atom. The van der Waals surface area contributed by atoms with Gasteiger partial charge in [0.2, 0.25) is 0 Å². The number of benzene rings is 2. The van der Waals surface area contributed by atoms with Gasteiger partial charge in [0.1, 0.15) is 12.4 Å². The molecule has 1 heterocycles. The maximum atomic E-state index is 11.9. The van der Waals surface area contributed by atoms with E-state index in [2.05, 4.69) is 21.2 Å². The van der Waals surface area contributed by atoms with Gasteiger partial charge in [-0.15, -0.1) is 0 Å². The van der Waals surface area contributed by atoms with Crippen LogP contribution in [0.3, 0.4) is 0 Å². The maximum absolute atomic E-state index is 11.9. The number of amides is 1. The van der Waals surface area contributed by atoms with Crippen molar-refractivity contribution in [3.63, 3.8) is 0 Å². The highest BCUT2D eigenvalue weighted by Gasteiger charge is 2.20. The molecule has 1 aliphatic rings. The largest absolute Gasteiger partial charge is 0.490 e. The van der Waals surface area contributed by atoms with Crippen molar-refractivity contribution < 1.29 is 9.53 Å². The number of nitrogens with one attached hydrogen (secondary N) is 1.